The van der Waals surface area contributed by atoms with Crippen LogP contribution in [0, 0.1) is 11.8 Å². The fraction of sp³-hybridized carbons (Fsp3) is 0.917. The molecule has 104 valence electrons. The van der Waals surface area contributed by atoms with E-state index >= 15 is 0 Å². The lowest BCUT2D eigenvalue weighted by Gasteiger charge is -2.34. The van der Waals surface area contributed by atoms with E-state index in [4.69, 9.17) is 4.74 Å². The molecule has 0 unspecified atom stereocenters. The predicted octanol–water partition coefficient (Wildman–Crippen LogP) is 2.21. The van der Waals surface area contributed by atoms with Crippen molar-refractivity contribution in [3.05, 3.63) is 0 Å². The zero-order valence-corrected chi connectivity index (χ0v) is 10.2. The third-order valence-electron chi connectivity index (χ3n) is 3.86. The number of halogens is 3. The number of nitrogens with zero attached hydrogens (tertiary/aromatic N) is 1. The van der Waals surface area contributed by atoms with Crippen LogP contribution in [-0.2, 0) is 9.53 Å². The second-order valence-corrected chi connectivity index (χ2v) is 5.03. The van der Waals surface area contributed by atoms with Crippen LogP contribution in [0.4, 0.5) is 13.2 Å². The third kappa shape index (κ3) is 3.16. The molecule has 0 N–H and O–H groups in total. The van der Waals surface area contributed by atoms with Gasteiger partial charge in [0.1, 0.15) is 0 Å². The van der Waals surface area contributed by atoms with Gasteiger partial charge in [0.2, 0.25) is 5.91 Å². The molecule has 0 spiro atoms. The van der Waals surface area contributed by atoms with E-state index in [9.17, 15) is 18.0 Å². The van der Waals surface area contributed by atoms with Gasteiger partial charge in [-0.25, -0.2) is 0 Å². The first kappa shape index (κ1) is 13.6. The van der Waals surface area contributed by atoms with E-state index in [0.717, 1.165) is 0 Å². The number of hydrogen-bond donors (Lipinski definition) is 0. The summed E-state index contributed by atoms with van der Waals surface area (Å²) in [5.74, 6) is -1.42. The SMILES string of the molecule is O=C(C1CCC(C(F)(F)F)CC1)N1CCOCC1. The Morgan fingerprint density at radius 3 is 2.11 bits per heavy atom. The topological polar surface area (TPSA) is 29.5 Å². The summed E-state index contributed by atoms with van der Waals surface area (Å²) >= 11 is 0. The second-order valence-electron chi connectivity index (χ2n) is 5.03. The van der Waals surface area contributed by atoms with Crippen molar-refractivity contribution in [2.75, 3.05) is 26.3 Å². The van der Waals surface area contributed by atoms with Crippen molar-refractivity contribution in [3.63, 3.8) is 0 Å². The Hall–Kier alpha value is -0.780. The molecule has 2 aliphatic rings. The van der Waals surface area contributed by atoms with Crippen LogP contribution in [0.1, 0.15) is 25.7 Å². The lowest BCUT2D eigenvalue weighted by Crippen LogP contribution is -2.45. The maximum absolute atomic E-state index is 12.5. The van der Waals surface area contributed by atoms with Gasteiger partial charge in [-0.05, 0) is 25.7 Å². The Morgan fingerprint density at radius 1 is 1.06 bits per heavy atom. The Kier molecular flexibility index (Phi) is 4.14. The normalized spacial score (nSPS) is 30.3. The molecule has 3 nitrogen and oxygen atoms in total. The Morgan fingerprint density at radius 2 is 1.61 bits per heavy atom. The van der Waals surface area contributed by atoms with Crippen molar-refractivity contribution in [1.82, 2.24) is 4.90 Å². The minimum absolute atomic E-state index is 0.0129. The predicted molar refractivity (Wildman–Crippen MR) is 58.9 cm³/mol. The number of rotatable bonds is 1. The molecule has 18 heavy (non-hydrogen) atoms. The van der Waals surface area contributed by atoms with Gasteiger partial charge in [-0.2, -0.15) is 13.2 Å². The van der Waals surface area contributed by atoms with E-state index in [0.29, 0.717) is 39.1 Å². The largest absolute Gasteiger partial charge is 0.391 e. The molecule has 1 heterocycles. The van der Waals surface area contributed by atoms with Crippen LogP contribution in [0.2, 0.25) is 0 Å². The summed E-state index contributed by atoms with van der Waals surface area (Å²) in [5, 5.41) is 0. The molecular weight excluding hydrogens is 247 g/mol. The highest BCUT2D eigenvalue weighted by molar-refractivity contribution is 5.79. The molecule has 1 aliphatic heterocycles. The van der Waals surface area contributed by atoms with Crippen molar-refractivity contribution in [2.24, 2.45) is 11.8 Å². The van der Waals surface area contributed by atoms with E-state index in [1.165, 1.54) is 0 Å². The smallest absolute Gasteiger partial charge is 0.378 e. The molecule has 0 bridgehead atoms. The maximum atomic E-state index is 12.5. The van der Waals surface area contributed by atoms with Crippen LogP contribution in [0.15, 0.2) is 0 Å². The van der Waals surface area contributed by atoms with Gasteiger partial charge >= 0.3 is 6.18 Å². The summed E-state index contributed by atoms with van der Waals surface area (Å²) in [4.78, 5) is 13.8. The quantitative estimate of drug-likeness (QED) is 0.727. The molecule has 0 radical (unpaired) electrons. The number of carbonyl (C=O) groups is 1. The summed E-state index contributed by atoms with van der Waals surface area (Å²) in [7, 11) is 0. The van der Waals surface area contributed by atoms with Crippen LogP contribution in [-0.4, -0.2) is 43.3 Å². The molecule has 0 aromatic carbocycles. The molecule has 1 amide bonds. The van der Waals surface area contributed by atoms with E-state index in [2.05, 4.69) is 0 Å². The van der Waals surface area contributed by atoms with Crippen LogP contribution >= 0.6 is 0 Å². The molecule has 2 rings (SSSR count). The molecule has 0 atom stereocenters. The van der Waals surface area contributed by atoms with Gasteiger partial charge in [0.05, 0.1) is 19.1 Å². The number of alkyl halides is 3. The fourth-order valence-electron chi connectivity index (χ4n) is 2.71. The minimum Gasteiger partial charge on any atom is -0.378 e. The van der Waals surface area contributed by atoms with E-state index in [-0.39, 0.29) is 24.7 Å². The summed E-state index contributed by atoms with van der Waals surface area (Å²) in [6.45, 7) is 2.20. The van der Waals surface area contributed by atoms with E-state index in [1.807, 2.05) is 0 Å². The summed E-state index contributed by atoms with van der Waals surface area (Å²) < 4.78 is 42.7. The first-order chi connectivity index (χ1) is 8.48. The molecular formula is C12H18F3NO2. The minimum atomic E-state index is -4.10. The number of hydrogen-bond acceptors (Lipinski definition) is 2. The maximum Gasteiger partial charge on any atom is 0.391 e. The monoisotopic (exact) mass is 265 g/mol. The first-order valence-electron chi connectivity index (χ1n) is 6.41. The summed E-state index contributed by atoms with van der Waals surface area (Å²) in [6, 6.07) is 0. The highest BCUT2D eigenvalue weighted by Crippen LogP contribution is 2.39. The van der Waals surface area contributed by atoms with Crippen molar-refractivity contribution in [1.29, 1.82) is 0 Å². The highest BCUT2D eigenvalue weighted by Gasteiger charge is 2.43. The average molecular weight is 265 g/mol. The number of amides is 1. The van der Waals surface area contributed by atoms with Gasteiger partial charge in [0.15, 0.2) is 0 Å². The van der Waals surface area contributed by atoms with Crippen molar-refractivity contribution in [2.45, 2.75) is 31.9 Å². The second kappa shape index (κ2) is 5.47. The number of carbonyl (C=O) groups excluding carboxylic acids is 1. The Labute approximate surface area is 104 Å². The van der Waals surface area contributed by atoms with Crippen molar-refractivity contribution in [3.8, 4) is 0 Å². The average Bonchev–Trinajstić information content (AvgIpc) is 2.38. The van der Waals surface area contributed by atoms with Gasteiger partial charge in [-0.3, -0.25) is 4.79 Å². The number of ether oxygens (including phenoxy) is 1. The lowest BCUT2D eigenvalue weighted by atomic mass is 9.81. The molecule has 1 saturated heterocycles. The molecule has 0 aromatic rings. The van der Waals surface area contributed by atoms with Crippen LogP contribution in [0.5, 0.6) is 0 Å². The zero-order valence-electron chi connectivity index (χ0n) is 10.2. The van der Waals surface area contributed by atoms with Crippen LogP contribution < -0.4 is 0 Å². The highest BCUT2D eigenvalue weighted by atomic mass is 19.4. The molecule has 1 aliphatic carbocycles. The fourth-order valence-corrected chi connectivity index (χ4v) is 2.71. The Balaban J connectivity index is 1.83. The van der Waals surface area contributed by atoms with Gasteiger partial charge in [-0.15, -0.1) is 0 Å². The summed E-state index contributed by atoms with van der Waals surface area (Å²) in [5.41, 5.74) is 0. The third-order valence-corrected chi connectivity index (χ3v) is 3.86. The van der Waals surface area contributed by atoms with Crippen molar-refractivity contribution >= 4 is 5.91 Å². The van der Waals surface area contributed by atoms with Crippen LogP contribution in [0.3, 0.4) is 0 Å². The lowest BCUT2D eigenvalue weighted by molar-refractivity contribution is -0.185. The van der Waals surface area contributed by atoms with Crippen LogP contribution in [0.25, 0.3) is 0 Å². The van der Waals surface area contributed by atoms with E-state index < -0.39 is 12.1 Å². The first-order valence-corrected chi connectivity index (χ1v) is 6.41. The van der Waals surface area contributed by atoms with Gasteiger partial charge in [0, 0.05) is 19.0 Å². The summed E-state index contributed by atoms with van der Waals surface area (Å²) in [6.07, 6.45) is -3.21. The molecule has 0 aromatic heterocycles. The molecule has 6 heteroatoms. The van der Waals surface area contributed by atoms with Gasteiger partial charge in [-0.1, -0.05) is 0 Å². The van der Waals surface area contributed by atoms with E-state index in [1.54, 1.807) is 4.90 Å². The van der Waals surface area contributed by atoms with Gasteiger partial charge < -0.3 is 9.64 Å². The van der Waals surface area contributed by atoms with Gasteiger partial charge in [0.25, 0.3) is 0 Å². The standard InChI is InChI=1S/C12H18F3NO2/c13-12(14,15)10-3-1-9(2-4-10)11(17)16-5-7-18-8-6-16/h9-10H,1-8H2. The number of morpholine rings is 1. The zero-order chi connectivity index (χ0) is 13.2. The molecule has 2 fully saturated rings. The van der Waals surface area contributed by atoms with Crippen molar-refractivity contribution < 1.29 is 22.7 Å². The molecule has 1 saturated carbocycles. The Bertz CT molecular complexity index is 292.